The minimum absolute atomic E-state index is 0.0857. The zero-order chi connectivity index (χ0) is 27.1. The predicted molar refractivity (Wildman–Crippen MR) is 155 cm³/mol. The van der Waals surface area contributed by atoms with Gasteiger partial charge in [0.25, 0.3) is 0 Å². The Morgan fingerprint density at radius 3 is 2.00 bits per heavy atom. The molecule has 0 aromatic carbocycles. The molecular weight excluding hydrogens is 452 g/mol. The second kappa shape index (κ2) is 8.97. The van der Waals surface area contributed by atoms with Gasteiger partial charge in [0.2, 0.25) is 5.91 Å². The van der Waals surface area contributed by atoms with Crippen LogP contribution < -0.4 is 0 Å². The smallest absolute Gasteiger partial charge is 0.229 e. The monoisotopic (exact) mass is 512 g/mol. The molecule has 0 aromatic rings. The van der Waals surface area contributed by atoms with Crippen molar-refractivity contribution in [1.29, 1.82) is 0 Å². The second-order valence-corrected chi connectivity index (χ2v) is 16.4. The normalized spacial score (nSPS) is 43.3. The van der Waals surface area contributed by atoms with Gasteiger partial charge in [0, 0.05) is 26.2 Å². The number of fused-ring (bicyclic) bond motifs is 3. The first-order chi connectivity index (χ1) is 17.2. The van der Waals surface area contributed by atoms with E-state index in [-0.39, 0.29) is 10.8 Å². The number of carbonyl (C=O) groups is 1. The van der Waals surface area contributed by atoms with Gasteiger partial charge in [0.15, 0.2) is 0 Å². The summed E-state index contributed by atoms with van der Waals surface area (Å²) in [6, 6.07) is 0. The Labute approximate surface area is 229 Å². The summed E-state index contributed by atoms with van der Waals surface area (Å²) in [6.45, 7) is 28.1. The summed E-state index contributed by atoms with van der Waals surface area (Å²) >= 11 is 0. The third-order valence-corrected chi connectivity index (χ3v) is 14.9. The highest BCUT2D eigenvalue weighted by Crippen LogP contribution is 2.78. The molecule has 0 bridgehead atoms. The molecule has 1 aliphatic heterocycles. The molecule has 4 saturated carbocycles. The summed E-state index contributed by atoms with van der Waals surface area (Å²) in [5, 5.41) is 0. The topological polar surface area (TPSA) is 23.6 Å². The second-order valence-electron chi connectivity index (χ2n) is 16.4. The Bertz CT molecular complexity index is 880. The molecule has 0 unspecified atom stereocenters. The van der Waals surface area contributed by atoms with Crippen LogP contribution in [0, 0.1) is 50.2 Å². The van der Waals surface area contributed by atoms with E-state index < -0.39 is 0 Å². The Morgan fingerprint density at radius 2 is 1.43 bits per heavy atom. The Kier molecular flexibility index (Phi) is 6.78. The highest BCUT2D eigenvalue weighted by atomic mass is 16.2. The van der Waals surface area contributed by atoms with Crippen molar-refractivity contribution in [2.75, 3.05) is 32.7 Å². The Hall–Kier alpha value is -0.570. The predicted octanol–water partition coefficient (Wildman–Crippen LogP) is 8.03. The van der Waals surface area contributed by atoms with Crippen LogP contribution in [0.4, 0.5) is 0 Å². The molecule has 5 aliphatic rings. The van der Waals surface area contributed by atoms with Gasteiger partial charge in [0.1, 0.15) is 0 Å². The fraction of sp³-hybridized carbons (Fsp3) is 0.971. The summed E-state index contributed by atoms with van der Waals surface area (Å²) in [5.41, 5.74) is 1.62. The molecule has 6 atom stereocenters. The average Bonchev–Trinajstić information content (AvgIpc) is 3.47. The van der Waals surface area contributed by atoms with Crippen LogP contribution >= 0.6 is 0 Å². The van der Waals surface area contributed by atoms with E-state index in [1.807, 2.05) is 0 Å². The van der Waals surface area contributed by atoms with E-state index in [9.17, 15) is 4.79 Å². The van der Waals surface area contributed by atoms with Gasteiger partial charge in [-0.2, -0.15) is 0 Å². The van der Waals surface area contributed by atoms with E-state index in [1.165, 1.54) is 51.4 Å². The first-order valence-electron chi connectivity index (χ1n) is 16.2. The van der Waals surface area contributed by atoms with E-state index in [2.05, 4.69) is 72.1 Å². The molecule has 1 heterocycles. The molecule has 37 heavy (non-hydrogen) atoms. The van der Waals surface area contributed by atoms with Crippen LogP contribution in [0.1, 0.15) is 127 Å². The van der Waals surface area contributed by atoms with Gasteiger partial charge in [-0.25, -0.2) is 0 Å². The zero-order valence-corrected chi connectivity index (χ0v) is 26.1. The lowest BCUT2D eigenvalue weighted by Crippen LogP contribution is -2.66. The summed E-state index contributed by atoms with van der Waals surface area (Å²) in [4.78, 5) is 19.5. The molecule has 5 rings (SSSR count). The molecule has 3 heteroatoms. The zero-order valence-electron chi connectivity index (χ0n) is 26.1. The van der Waals surface area contributed by atoms with Crippen molar-refractivity contribution in [1.82, 2.24) is 9.80 Å². The maximum absolute atomic E-state index is 14.7. The van der Waals surface area contributed by atoms with Crippen molar-refractivity contribution < 1.29 is 4.79 Å². The Morgan fingerprint density at radius 1 is 0.811 bits per heavy atom. The fourth-order valence-electron chi connectivity index (χ4n) is 11.2. The molecule has 3 nitrogen and oxygen atoms in total. The van der Waals surface area contributed by atoms with E-state index in [0.29, 0.717) is 39.4 Å². The van der Waals surface area contributed by atoms with Crippen LogP contribution in [-0.2, 0) is 4.79 Å². The van der Waals surface area contributed by atoms with Crippen LogP contribution in [0.25, 0.3) is 0 Å². The van der Waals surface area contributed by atoms with E-state index in [1.54, 1.807) is 0 Å². The van der Waals surface area contributed by atoms with Crippen LogP contribution in [0.5, 0.6) is 0 Å². The van der Waals surface area contributed by atoms with Crippen molar-refractivity contribution in [3.63, 3.8) is 0 Å². The maximum Gasteiger partial charge on any atom is 0.229 e. The molecule has 4 aliphatic carbocycles. The van der Waals surface area contributed by atoms with E-state index in [4.69, 9.17) is 0 Å². The SMILES string of the molecule is CCCC(C)(C)[C@@]1(C)CC[C@@H]2[C@H]3[C@H](C4(C)CC4)CC[C@]3(C(=O)N3CCN(CC)CC3)CC[C@@]2(C)C1(C)C. The number of nitrogens with zero attached hydrogens (tertiary/aromatic N) is 2. The van der Waals surface area contributed by atoms with Crippen molar-refractivity contribution in [2.45, 2.75) is 127 Å². The summed E-state index contributed by atoms with van der Waals surface area (Å²) in [5.74, 6) is 2.60. The van der Waals surface area contributed by atoms with Gasteiger partial charge in [-0.3, -0.25) is 4.79 Å². The van der Waals surface area contributed by atoms with E-state index in [0.717, 1.165) is 51.5 Å². The lowest BCUT2D eigenvalue weighted by atomic mass is 9.33. The van der Waals surface area contributed by atoms with Crippen molar-refractivity contribution in [3.8, 4) is 0 Å². The quantitative estimate of drug-likeness (QED) is 0.359. The van der Waals surface area contributed by atoms with Crippen molar-refractivity contribution in [2.24, 2.45) is 50.2 Å². The molecule has 1 amide bonds. The first kappa shape index (κ1) is 28.0. The lowest BCUT2D eigenvalue weighted by molar-refractivity contribution is -0.226. The van der Waals surface area contributed by atoms with Gasteiger partial charge < -0.3 is 9.80 Å². The number of likely N-dealkylation sites (N-methyl/N-ethyl adjacent to an activating group) is 1. The van der Waals surface area contributed by atoms with Gasteiger partial charge >= 0.3 is 0 Å². The van der Waals surface area contributed by atoms with E-state index >= 15 is 0 Å². The fourth-order valence-corrected chi connectivity index (χ4v) is 11.2. The third-order valence-electron chi connectivity index (χ3n) is 14.9. The summed E-state index contributed by atoms with van der Waals surface area (Å²) in [6.07, 6.45) is 12.9. The largest absolute Gasteiger partial charge is 0.340 e. The number of piperazine rings is 1. The third kappa shape index (κ3) is 3.77. The van der Waals surface area contributed by atoms with Crippen molar-refractivity contribution >= 4 is 5.91 Å². The number of amides is 1. The van der Waals surface area contributed by atoms with Crippen LogP contribution in [-0.4, -0.2) is 48.4 Å². The van der Waals surface area contributed by atoms with Crippen LogP contribution in [0.15, 0.2) is 0 Å². The lowest BCUT2D eigenvalue weighted by Gasteiger charge is -2.71. The summed E-state index contributed by atoms with van der Waals surface area (Å²) in [7, 11) is 0. The van der Waals surface area contributed by atoms with Gasteiger partial charge in [-0.15, -0.1) is 0 Å². The molecule has 0 N–H and O–H groups in total. The number of rotatable bonds is 6. The minimum Gasteiger partial charge on any atom is -0.340 e. The molecule has 0 radical (unpaired) electrons. The van der Waals surface area contributed by atoms with Crippen LogP contribution in [0.3, 0.4) is 0 Å². The highest BCUT2D eigenvalue weighted by molar-refractivity contribution is 5.84. The average molecular weight is 513 g/mol. The molecule has 0 spiro atoms. The van der Waals surface area contributed by atoms with Gasteiger partial charge in [-0.05, 0) is 109 Å². The summed E-state index contributed by atoms with van der Waals surface area (Å²) < 4.78 is 0. The molecule has 5 fully saturated rings. The van der Waals surface area contributed by atoms with Gasteiger partial charge in [0.05, 0.1) is 5.41 Å². The standard InChI is InChI=1S/C34H60N2O/c1-10-14-29(3,4)33(9)15-12-26-27-25(31(7)17-18-31)13-16-34(27,20-19-32(26,8)30(33,5)6)28(37)36-23-21-35(11-2)22-24-36/h25-27H,10-24H2,1-9H3/t25-,26-,27-,32-,33-,34+/m1/s1. The van der Waals surface area contributed by atoms with Crippen LogP contribution in [0.2, 0.25) is 0 Å². The maximum atomic E-state index is 14.7. The number of carbonyl (C=O) groups excluding carboxylic acids is 1. The molecule has 212 valence electrons. The molecule has 1 saturated heterocycles. The highest BCUT2D eigenvalue weighted by Gasteiger charge is 2.72. The molecule has 0 aromatic heterocycles. The minimum atomic E-state index is -0.0857. The number of hydrogen-bond donors (Lipinski definition) is 0. The first-order valence-corrected chi connectivity index (χ1v) is 16.2. The Balaban J connectivity index is 1.52. The van der Waals surface area contributed by atoms with Crippen molar-refractivity contribution in [3.05, 3.63) is 0 Å². The van der Waals surface area contributed by atoms with Gasteiger partial charge in [-0.1, -0.05) is 68.7 Å². The number of hydrogen-bond acceptors (Lipinski definition) is 2. The molecular formula is C34H60N2O.